The number of rotatable bonds is 7. The van der Waals surface area contributed by atoms with E-state index >= 15 is 0 Å². The van der Waals surface area contributed by atoms with E-state index in [1.54, 1.807) is 7.05 Å². The molecule has 2 aromatic heterocycles. The molecule has 8 nitrogen and oxygen atoms in total. The highest BCUT2D eigenvalue weighted by atomic mass is 16.5. The van der Waals surface area contributed by atoms with Crippen molar-refractivity contribution in [2.75, 3.05) is 7.05 Å². The molecule has 0 radical (unpaired) electrons. The minimum absolute atomic E-state index is 0.269. The molecule has 1 saturated carbocycles. The van der Waals surface area contributed by atoms with Crippen LogP contribution in [0.25, 0.3) is 17.2 Å². The average molecular weight is 435 g/mol. The molecule has 3 aromatic rings. The van der Waals surface area contributed by atoms with E-state index in [0.717, 1.165) is 29.8 Å². The van der Waals surface area contributed by atoms with Gasteiger partial charge in [-0.05, 0) is 56.9 Å². The Morgan fingerprint density at radius 3 is 2.53 bits per heavy atom. The van der Waals surface area contributed by atoms with Gasteiger partial charge < -0.3 is 19.9 Å². The van der Waals surface area contributed by atoms with Crippen LogP contribution >= 0.6 is 0 Å². The fraction of sp³-hybridized carbons (Fsp3) is 0.375. The van der Waals surface area contributed by atoms with Crippen molar-refractivity contribution >= 4 is 5.70 Å². The second-order valence-corrected chi connectivity index (χ2v) is 8.17. The number of nitrogens with zero attached hydrogens (tertiary/aromatic N) is 4. The summed E-state index contributed by atoms with van der Waals surface area (Å²) in [5.41, 5.74) is 9.87. The lowest BCUT2D eigenvalue weighted by molar-refractivity contribution is 0.153. The number of likely N-dealkylation sites (N-methyl/N-ethyl adjacent to an activating group) is 1. The van der Waals surface area contributed by atoms with Crippen molar-refractivity contribution in [3.8, 4) is 17.2 Å². The highest BCUT2D eigenvalue weighted by Crippen LogP contribution is 2.27. The third-order valence-corrected chi connectivity index (χ3v) is 5.70. The first kappa shape index (κ1) is 21.8. The second kappa shape index (κ2) is 9.82. The standard InChI is InChI=1S/C24H30N6O2/c1-16-21(31-18-11-7-4-8-12-18)14-13-19(27-16)23(25)20(30(2)26)15-22-28-29-24(32-22)17-9-5-3-6-10-17/h3,5-6,9-10,13-14,18H,4,7-8,11-12,15,25-26H2,1-2H3/b23-20-. The molecule has 0 amide bonds. The van der Waals surface area contributed by atoms with Crippen molar-refractivity contribution in [3.63, 3.8) is 0 Å². The summed E-state index contributed by atoms with van der Waals surface area (Å²) >= 11 is 0. The van der Waals surface area contributed by atoms with Gasteiger partial charge in [0.2, 0.25) is 11.8 Å². The molecule has 1 aliphatic rings. The number of aromatic nitrogens is 3. The molecule has 0 unspecified atom stereocenters. The Morgan fingerprint density at radius 1 is 1.09 bits per heavy atom. The largest absolute Gasteiger partial charge is 0.489 e. The van der Waals surface area contributed by atoms with E-state index in [4.69, 9.17) is 20.7 Å². The predicted molar refractivity (Wildman–Crippen MR) is 123 cm³/mol. The van der Waals surface area contributed by atoms with E-state index in [2.05, 4.69) is 15.2 Å². The van der Waals surface area contributed by atoms with Crippen molar-refractivity contribution in [3.05, 3.63) is 65.4 Å². The van der Waals surface area contributed by atoms with E-state index < -0.39 is 0 Å². The number of nitrogens with two attached hydrogens (primary N) is 2. The van der Waals surface area contributed by atoms with Crippen LogP contribution in [-0.4, -0.2) is 33.3 Å². The van der Waals surface area contributed by atoms with Crippen LogP contribution in [0, 0.1) is 6.92 Å². The van der Waals surface area contributed by atoms with Gasteiger partial charge in [0.25, 0.3) is 0 Å². The minimum Gasteiger partial charge on any atom is -0.489 e. The van der Waals surface area contributed by atoms with Gasteiger partial charge in [-0.1, -0.05) is 24.6 Å². The molecule has 8 heteroatoms. The Labute approximate surface area is 188 Å². The summed E-state index contributed by atoms with van der Waals surface area (Å²) in [7, 11) is 1.73. The lowest BCUT2D eigenvalue weighted by Gasteiger charge is -2.24. The van der Waals surface area contributed by atoms with Gasteiger partial charge in [-0.15, -0.1) is 10.2 Å². The van der Waals surface area contributed by atoms with Gasteiger partial charge in [0.1, 0.15) is 5.75 Å². The van der Waals surface area contributed by atoms with Crippen LogP contribution < -0.4 is 16.3 Å². The lowest BCUT2D eigenvalue weighted by atomic mass is 9.98. The summed E-state index contributed by atoms with van der Waals surface area (Å²) in [6.07, 6.45) is 6.49. The summed E-state index contributed by atoms with van der Waals surface area (Å²) in [5.74, 6) is 7.77. The molecular weight excluding hydrogens is 404 g/mol. The molecule has 32 heavy (non-hydrogen) atoms. The molecule has 1 fully saturated rings. The first-order valence-electron chi connectivity index (χ1n) is 11.0. The average Bonchev–Trinajstić information content (AvgIpc) is 3.28. The van der Waals surface area contributed by atoms with Gasteiger partial charge in [-0.3, -0.25) is 0 Å². The Morgan fingerprint density at radius 2 is 1.84 bits per heavy atom. The minimum atomic E-state index is 0.269. The maximum Gasteiger partial charge on any atom is 0.247 e. The number of hydrogen-bond acceptors (Lipinski definition) is 8. The molecule has 1 aromatic carbocycles. The zero-order chi connectivity index (χ0) is 22.5. The van der Waals surface area contributed by atoms with Crippen LogP contribution in [0.1, 0.15) is 49.4 Å². The van der Waals surface area contributed by atoms with Crippen LogP contribution in [0.15, 0.2) is 52.6 Å². The maximum absolute atomic E-state index is 6.47. The van der Waals surface area contributed by atoms with Crippen molar-refractivity contribution in [1.29, 1.82) is 0 Å². The molecule has 4 rings (SSSR count). The molecule has 0 aliphatic heterocycles. The van der Waals surface area contributed by atoms with Gasteiger partial charge in [0.05, 0.1) is 35.3 Å². The Balaban J connectivity index is 1.54. The van der Waals surface area contributed by atoms with Crippen molar-refractivity contribution in [2.24, 2.45) is 11.6 Å². The van der Waals surface area contributed by atoms with Crippen LogP contribution in [0.3, 0.4) is 0 Å². The van der Waals surface area contributed by atoms with E-state index in [1.807, 2.05) is 49.4 Å². The molecular formula is C24H30N6O2. The molecule has 0 saturated heterocycles. The molecule has 0 spiro atoms. The molecule has 168 valence electrons. The summed E-state index contributed by atoms with van der Waals surface area (Å²) in [4.78, 5) is 4.68. The monoisotopic (exact) mass is 434 g/mol. The highest BCUT2D eigenvalue weighted by molar-refractivity contribution is 5.63. The lowest BCUT2D eigenvalue weighted by Crippen LogP contribution is -2.29. The number of aryl methyl sites for hydroxylation is 1. The van der Waals surface area contributed by atoms with Crippen LogP contribution in [0.5, 0.6) is 5.75 Å². The third-order valence-electron chi connectivity index (χ3n) is 5.70. The number of allylic oxidation sites excluding steroid dienone is 1. The van der Waals surface area contributed by atoms with E-state index in [1.165, 1.54) is 24.3 Å². The first-order valence-corrected chi connectivity index (χ1v) is 11.0. The molecule has 4 N–H and O–H groups in total. The number of benzene rings is 1. The second-order valence-electron chi connectivity index (χ2n) is 8.17. The maximum atomic E-state index is 6.47. The summed E-state index contributed by atoms with van der Waals surface area (Å²) < 4.78 is 12.0. The summed E-state index contributed by atoms with van der Waals surface area (Å²) in [6, 6.07) is 13.4. The number of ether oxygens (including phenoxy) is 1. The number of hydrogen-bond donors (Lipinski definition) is 2. The highest BCUT2D eigenvalue weighted by Gasteiger charge is 2.19. The number of pyridine rings is 1. The van der Waals surface area contributed by atoms with Crippen molar-refractivity contribution < 1.29 is 9.15 Å². The normalized spacial score (nSPS) is 15.3. The Hall–Kier alpha value is -3.39. The quantitative estimate of drug-likeness (QED) is 0.426. The Kier molecular flexibility index (Phi) is 6.70. The van der Waals surface area contributed by atoms with Crippen LogP contribution in [0.2, 0.25) is 0 Å². The Bertz CT molecular complexity index is 1070. The van der Waals surface area contributed by atoms with Crippen molar-refractivity contribution in [1.82, 2.24) is 20.2 Å². The molecule has 2 heterocycles. The third kappa shape index (κ3) is 5.08. The van der Waals surface area contributed by atoms with Gasteiger partial charge in [0, 0.05) is 12.6 Å². The summed E-state index contributed by atoms with van der Waals surface area (Å²) in [5, 5.41) is 9.76. The summed E-state index contributed by atoms with van der Waals surface area (Å²) in [6.45, 7) is 1.94. The van der Waals surface area contributed by atoms with Crippen LogP contribution in [-0.2, 0) is 6.42 Å². The predicted octanol–water partition coefficient (Wildman–Crippen LogP) is 3.83. The molecule has 1 aliphatic carbocycles. The number of hydrazine groups is 1. The zero-order valence-corrected chi connectivity index (χ0v) is 18.6. The topological polar surface area (TPSA) is 116 Å². The van der Waals surface area contributed by atoms with Gasteiger partial charge in [-0.2, -0.15) is 0 Å². The fourth-order valence-electron chi connectivity index (χ4n) is 3.91. The van der Waals surface area contributed by atoms with Gasteiger partial charge in [-0.25, -0.2) is 10.8 Å². The molecule has 0 atom stereocenters. The fourth-order valence-corrected chi connectivity index (χ4v) is 3.91. The van der Waals surface area contributed by atoms with Gasteiger partial charge >= 0.3 is 0 Å². The van der Waals surface area contributed by atoms with Crippen LogP contribution in [0.4, 0.5) is 0 Å². The first-order chi connectivity index (χ1) is 15.5. The van der Waals surface area contributed by atoms with E-state index in [9.17, 15) is 0 Å². The smallest absolute Gasteiger partial charge is 0.247 e. The SMILES string of the molecule is Cc1nc(/C(N)=C(\Cc2nnc(-c3ccccc3)o2)N(C)N)ccc1OC1CCCCC1. The van der Waals surface area contributed by atoms with E-state index in [-0.39, 0.29) is 6.10 Å². The molecule has 0 bridgehead atoms. The van der Waals surface area contributed by atoms with Crippen molar-refractivity contribution in [2.45, 2.75) is 51.6 Å². The zero-order valence-electron chi connectivity index (χ0n) is 18.6. The van der Waals surface area contributed by atoms with E-state index in [0.29, 0.717) is 35.3 Å². The van der Waals surface area contributed by atoms with Gasteiger partial charge in [0.15, 0.2) is 0 Å².